The predicted octanol–water partition coefficient (Wildman–Crippen LogP) is 4.81. The van der Waals surface area contributed by atoms with Crippen molar-refractivity contribution in [1.29, 1.82) is 10.5 Å². The Bertz CT molecular complexity index is 1620. The normalized spacial score (nSPS) is 11.2. The molecule has 3 N–H and O–H groups in total. The Kier molecular flexibility index (Phi) is 7.79. The zero-order valence-electron chi connectivity index (χ0n) is 21.1. The van der Waals surface area contributed by atoms with Gasteiger partial charge in [0.15, 0.2) is 0 Å². The van der Waals surface area contributed by atoms with E-state index in [9.17, 15) is 5.11 Å². The highest BCUT2D eigenvalue weighted by molar-refractivity contribution is 5.71. The van der Waals surface area contributed by atoms with Crippen LogP contribution < -0.4 is 10.6 Å². The molecule has 0 amide bonds. The van der Waals surface area contributed by atoms with Gasteiger partial charge in [-0.2, -0.15) is 15.5 Å². The minimum Gasteiger partial charge on any atom is -0.376 e. The fourth-order valence-electron chi connectivity index (χ4n) is 3.75. The second-order valence-electron chi connectivity index (χ2n) is 8.49. The molecular formula is C29H24N8O. The Hall–Kier alpha value is -5.43. The van der Waals surface area contributed by atoms with Crippen molar-refractivity contribution in [3.63, 3.8) is 0 Å². The number of benzene rings is 2. The van der Waals surface area contributed by atoms with Crippen molar-refractivity contribution in [2.75, 3.05) is 10.6 Å². The molecule has 0 radical (unpaired) electrons. The Morgan fingerprint density at radius 3 is 2.42 bits per heavy atom. The Balaban J connectivity index is 1.72. The average molecular weight is 501 g/mol. The summed E-state index contributed by atoms with van der Waals surface area (Å²) in [7, 11) is 1.82. The number of rotatable bonds is 6. The van der Waals surface area contributed by atoms with E-state index in [1.54, 1.807) is 47.4 Å². The SMILES string of the molecule is Cc1cc(/C=C/C#N)cc(C)c1Nc1nc(Nc2ccc(C#N)cc2)ncc1C(O)C#Cc1cncn1C. The molecule has 0 bridgehead atoms. The molecule has 2 heterocycles. The van der Waals surface area contributed by atoms with Gasteiger partial charge in [-0.15, -0.1) is 0 Å². The molecule has 4 aromatic rings. The first-order valence-corrected chi connectivity index (χ1v) is 11.6. The number of imidazole rings is 1. The van der Waals surface area contributed by atoms with Gasteiger partial charge in [0.05, 0.1) is 35.8 Å². The molecule has 9 nitrogen and oxygen atoms in total. The molecule has 2 aromatic heterocycles. The van der Waals surface area contributed by atoms with Gasteiger partial charge in [-0.1, -0.05) is 5.92 Å². The van der Waals surface area contributed by atoms with Gasteiger partial charge in [-0.05, 0) is 78.9 Å². The fraction of sp³-hybridized carbons (Fsp3) is 0.138. The van der Waals surface area contributed by atoms with Crippen LogP contribution in [0.1, 0.15) is 39.6 Å². The van der Waals surface area contributed by atoms with E-state index in [0.29, 0.717) is 34.3 Å². The van der Waals surface area contributed by atoms with Crippen LogP contribution in [0.3, 0.4) is 0 Å². The largest absolute Gasteiger partial charge is 0.376 e. The van der Waals surface area contributed by atoms with Crippen molar-refractivity contribution in [3.8, 4) is 24.0 Å². The molecule has 0 spiro atoms. The number of aryl methyl sites for hydroxylation is 3. The summed E-state index contributed by atoms with van der Waals surface area (Å²) in [5.41, 5.74) is 5.90. The predicted molar refractivity (Wildman–Crippen MR) is 145 cm³/mol. The highest BCUT2D eigenvalue weighted by Crippen LogP contribution is 2.30. The fourth-order valence-corrected chi connectivity index (χ4v) is 3.75. The molecule has 186 valence electrons. The number of nitrogens with one attached hydrogen (secondary N) is 2. The summed E-state index contributed by atoms with van der Waals surface area (Å²) in [6, 6.07) is 14.9. The van der Waals surface area contributed by atoms with Crippen LogP contribution in [-0.4, -0.2) is 24.6 Å². The van der Waals surface area contributed by atoms with Gasteiger partial charge in [0.1, 0.15) is 17.6 Å². The number of aliphatic hydroxyl groups is 1. The highest BCUT2D eigenvalue weighted by atomic mass is 16.3. The van der Waals surface area contributed by atoms with Crippen molar-refractivity contribution < 1.29 is 5.11 Å². The van der Waals surface area contributed by atoms with E-state index >= 15 is 0 Å². The third-order valence-corrected chi connectivity index (χ3v) is 5.68. The summed E-state index contributed by atoms with van der Waals surface area (Å²) in [5, 5.41) is 35.3. The Morgan fingerprint density at radius 1 is 1.05 bits per heavy atom. The number of allylic oxidation sites excluding steroid dienone is 1. The van der Waals surface area contributed by atoms with Crippen molar-refractivity contribution >= 4 is 29.2 Å². The van der Waals surface area contributed by atoms with E-state index in [-0.39, 0.29) is 0 Å². The third kappa shape index (κ3) is 6.03. The molecule has 2 aromatic carbocycles. The smallest absolute Gasteiger partial charge is 0.229 e. The maximum atomic E-state index is 11.0. The van der Waals surface area contributed by atoms with Gasteiger partial charge >= 0.3 is 0 Å². The maximum Gasteiger partial charge on any atom is 0.229 e. The number of nitriles is 2. The second kappa shape index (κ2) is 11.5. The molecule has 1 unspecified atom stereocenters. The van der Waals surface area contributed by atoms with Crippen LogP contribution in [0.2, 0.25) is 0 Å². The quantitative estimate of drug-likeness (QED) is 0.254. The van der Waals surface area contributed by atoms with E-state index < -0.39 is 6.10 Å². The average Bonchev–Trinajstić information content (AvgIpc) is 3.33. The first kappa shape index (κ1) is 25.7. The number of hydrogen-bond acceptors (Lipinski definition) is 8. The zero-order valence-corrected chi connectivity index (χ0v) is 21.1. The van der Waals surface area contributed by atoms with Crippen molar-refractivity contribution in [2.24, 2.45) is 7.05 Å². The molecule has 0 fully saturated rings. The summed E-state index contributed by atoms with van der Waals surface area (Å²) in [5.74, 6) is 6.47. The topological polar surface area (TPSA) is 135 Å². The third-order valence-electron chi connectivity index (χ3n) is 5.68. The first-order chi connectivity index (χ1) is 18.4. The molecule has 1 atom stereocenters. The molecule has 0 aliphatic rings. The van der Waals surface area contributed by atoms with E-state index in [1.807, 2.05) is 39.1 Å². The van der Waals surface area contributed by atoms with E-state index in [2.05, 4.69) is 43.5 Å². The zero-order chi connectivity index (χ0) is 27.1. The van der Waals surface area contributed by atoms with Gasteiger partial charge in [0.25, 0.3) is 0 Å². The molecule has 4 rings (SSSR count). The molecule has 0 aliphatic carbocycles. The van der Waals surface area contributed by atoms with E-state index in [1.165, 1.54) is 12.3 Å². The monoisotopic (exact) mass is 500 g/mol. The minimum absolute atomic E-state index is 0.302. The van der Waals surface area contributed by atoms with Crippen molar-refractivity contribution in [3.05, 3.63) is 94.7 Å². The number of anilines is 4. The van der Waals surface area contributed by atoms with Gasteiger partial charge in [0.2, 0.25) is 5.95 Å². The van der Waals surface area contributed by atoms with Crippen LogP contribution in [0.5, 0.6) is 0 Å². The minimum atomic E-state index is -1.17. The van der Waals surface area contributed by atoms with E-state index in [4.69, 9.17) is 10.5 Å². The van der Waals surface area contributed by atoms with Crippen molar-refractivity contribution in [2.45, 2.75) is 20.0 Å². The van der Waals surface area contributed by atoms with Crippen LogP contribution in [0.25, 0.3) is 6.08 Å². The van der Waals surface area contributed by atoms with Crippen LogP contribution in [0, 0.1) is 48.4 Å². The first-order valence-electron chi connectivity index (χ1n) is 11.6. The highest BCUT2D eigenvalue weighted by Gasteiger charge is 2.17. The van der Waals surface area contributed by atoms with Gasteiger partial charge in [-0.3, -0.25) is 0 Å². The lowest BCUT2D eigenvalue weighted by Crippen LogP contribution is -2.09. The lowest BCUT2D eigenvalue weighted by atomic mass is 10.0. The molecule has 9 heteroatoms. The lowest BCUT2D eigenvalue weighted by molar-refractivity contribution is 0.238. The Morgan fingerprint density at radius 2 is 1.79 bits per heavy atom. The molecule has 0 saturated heterocycles. The van der Waals surface area contributed by atoms with Crippen LogP contribution in [0.4, 0.5) is 23.1 Å². The molecule has 0 saturated carbocycles. The van der Waals surface area contributed by atoms with Crippen LogP contribution in [-0.2, 0) is 7.05 Å². The number of nitrogens with zero attached hydrogens (tertiary/aromatic N) is 6. The number of aromatic nitrogens is 4. The molecule has 38 heavy (non-hydrogen) atoms. The van der Waals surface area contributed by atoms with E-state index in [0.717, 1.165) is 22.4 Å². The van der Waals surface area contributed by atoms with Gasteiger partial charge in [-0.25, -0.2) is 9.97 Å². The van der Waals surface area contributed by atoms with Crippen LogP contribution >= 0.6 is 0 Å². The maximum absolute atomic E-state index is 11.0. The summed E-state index contributed by atoms with van der Waals surface area (Å²) < 4.78 is 1.76. The summed E-state index contributed by atoms with van der Waals surface area (Å²) >= 11 is 0. The second-order valence-corrected chi connectivity index (χ2v) is 8.49. The summed E-state index contributed by atoms with van der Waals surface area (Å²) in [6.45, 7) is 3.91. The number of hydrogen-bond donors (Lipinski definition) is 3. The summed E-state index contributed by atoms with van der Waals surface area (Å²) in [6.07, 6.45) is 6.79. The van der Waals surface area contributed by atoms with Gasteiger partial charge in [0, 0.05) is 30.7 Å². The molecular weight excluding hydrogens is 476 g/mol. The molecule has 0 aliphatic heterocycles. The standard InChI is InChI=1S/C29H24N8O/c1-19-13-22(5-4-12-30)14-20(2)27(19)35-28-25(26(38)11-10-24-16-32-18-37(24)3)17-33-29(36-28)34-23-8-6-21(15-31)7-9-23/h4-9,13-14,16-18,26,38H,1-3H3,(H2,33,34,35,36)/b5-4+. The Labute approximate surface area is 220 Å². The number of aliphatic hydroxyl groups excluding tert-OH is 1. The summed E-state index contributed by atoms with van der Waals surface area (Å²) in [4.78, 5) is 13.1. The lowest BCUT2D eigenvalue weighted by Gasteiger charge is -2.18. The van der Waals surface area contributed by atoms with Crippen molar-refractivity contribution in [1.82, 2.24) is 19.5 Å². The van der Waals surface area contributed by atoms with Gasteiger partial charge < -0.3 is 20.3 Å². The van der Waals surface area contributed by atoms with Crippen LogP contribution in [0.15, 0.2) is 61.2 Å².